The SMILES string of the molecule is CCNC(c1cnccn1)C1C(C)(C)C1(C)C. The molecule has 1 aromatic rings. The molecule has 3 nitrogen and oxygen atoms in total. The van der Waals surface area contributed by atoms with E-state index in [1.165, 1.54) is 0 Å². The highest BCUT2D eigenvalue weighted by molar-refractivity contribution is 5.21. The van der Waals surface area contributed by atoms with Crippen molar-refractivity contribution in [3.05, 3.63) is 24.3 Å². The molecular formula is C14H23N3. The smallest absolute Gasteiger partial charge is 0.0759 e. The van der Waals surface area contributed by atoms with Crippen molar-refractivity contribution in [3.8, 4) is 0 Å². The molecule has 2 rings (SSSR count). The van der Waals surface area contributed by atoms with Gasteiger partial charge in [0, 0.05) is 18.6 Å². The lowest BCUT2D eigenvalue weighted by molar-refractivity contribution is 0.409. The van der Waals surface area contributed by atoms with Crippen LogP contribution in [0.5, 0.6) is 0 Å². The summed E-state index contributed by atoms with van der Waals surface area (Å²) in [6, 6.07) is 0.318. The summed E-state index contributed by atoms with van der Waals surface area (Å²) in [4.78, 5) is 8.66. The van der Waals surface area contributed by atoms with Crippen LogP contribution in [-0.4, -0.2) is 16.5 Å². The molecule has 1 atom stereocenters. The van der Waals surface area contributed by atoms with Gasteiger partial charge >= 0.3 is 0 Å². The lowest BCUT2D eigenvalue weighted by Gasteiger charge is -2.19. The Labute approximate surface area is 104 Å². The monoisotopic (exact) mass is 233 g/mol. The van der Waals surface area contributed by atoms with Gasteiger partial charge in [0.2, 0.25) is 0 Å². The van der Waals surface area contributed by atoms with Crippen LogP contribution < -0.4 is 5.32 Å². The highest BCUT2D eigenvalue weighted by Crippen LogP contribution is 2.72. The minimum atomic E-state index is 0.318. The summed E-state index contributed by atoms with van der Waals surface area (Å²) in [5, 5.41) is 3.57. The summed E-state index contributed by atoms with van der Waals surface area (Å²) in [5.41, 5.74) is 1.78. The van der Waals surface area contributed by atoms with Crippen LogP contribution in [0.2, 0.25) is 0 Å². The lowest BCUT2D eigenvalue weighted by Crippen LogP contribution is -2.26. The Morgan fingerprint density at radius 3 is 2.29 bits per heavy atom. The van der Waals surface area contributed by atoms with Crippen LogP contribution >= 0.6 is 0 Å². The number of hydrogen-bond acceptors (Lipinski definition) is 3. The highest BCUT2D eigenvalue weighted by atomic mass is 15.0. The molecule has 1 heterocycles. The second-order valence-electron chi connectivity index (χ2n) is 6.09. The molecule has 0 amide bonds. The molecule has 0 saturated heterocycles. The van der Waals surface area contributed by atoms with Gasteiger partial charge in [-0.2, -0.15) is 0 Å². The summed E-state index contributed by atoms with van der Waals surface area (Å²) in [5.74, 6) is 0.617. The van der Waals surface area contributed by atoms with E-state index >= 15 is 0 Å². The average Bonchev–Trinajstić information content (AvgIpc) is 2.68. The molecule has 0 aromatic carbocycles. The molecule has 1 aliphatic rings. The van der Waals surface area contributed by atoms with Crippen LogP contribution in [0.1, 0.15) is 46.4 Å². The number of nitrogens with one attached hydrogen (secondary N) is 1. The van der Waals surface area contributed by atoms with Crippen LogP contribution in [0, 0.1) is 16.7 Å². The summed E-state index contributed by atoms with van der Waals surface area (Å²) < 4.78 is 0. The third-order valence-electron chi connectivity index (χ3n) is 4.79. The van der Waals surface area contributed by atoms with E-state index in [4.69, 9.17) is 0 Å². The summed E-state index contributed by atoms with van der Waals surface area (Å²) in [6.07, 6.45) is 5.40. The molecule has 0 aliphatic heterocycles. The number of hydrogen-bond donors (Lipinski definition) is 1. The molecule has 1 aromatic heterocycles. The molecule has 1 N–H and O–H groups in total. The van der Waals surface area contributed by atoms with Gasteiger partial charge < -0.3 is 5.32 Å². The minimum absolute atomic E-state index is 0.318. The molecule has 0 radical (unpaired) electrons. The van der Waals surface area contributed by atoms with Crippen molar-refractivity contribution in [2.24, 2.45) is 16.7 Å². The first kappa shape index (κ1) is 12.5. The zero-order valence-electron chi connectivity index (χ0n) is 11.5. The van der Waals surface area contributed by atoms with E-state index in [2.05, 4.69) is 49.9 Å². The first-order valence-electron chi connectivity index (χ1n) is 6.42. The van der Waals surface area contributed by atoms with Gasteiger partial charge in [-0.1, -0.05) is 34.6 Å². The van der Waals surface area contributed by atoms with Gasteiger partial charge in [0.15, 0.2) is 0 Å². The van der Waals surface area contributed by atoms with Gasteiger partial charge in [0.1, 0.15) is 0 Å². The zero-order chi connectivity index (χ0) is 12.7. The number of nitrogens with zero attached hydrogens (tertiary/aromatic N) is 2. The zero-order valence-corrected chi connectivity index (χ0v) is 11.5. The van der Waals surface area contributed by atoms with Crippen LogP contribution in [0.15, 0.2) is 18.6 Å². The topological polar surface area (TPSA) is 37.8 Å². The normalized spacial score (nSPS) is 23.4. The van der Waals surface area contributed by atoms with Crippen molar-refractivity contribution in [2.75, 3.05) is 6.54 Å². The van der Waals surface area contributed by atoms with Gasteiger partial charge in [0.25, 0.3) is 0 Å². The van der Waals surface area contributed by atoms with Gasteiger partial charge in [0.05, 0.1) is 11.7 Å². The van der Waals surface area contributed by atoms with E-state index in [1.54, 1.807) is 12.4 Å². The van der Waals surface area contributed by atoms with E-state index in [0.717, 1.165) is 12.2 Å². The predicted octanol–water partition coefficient (Wildman–Crippen LogP) is 2.81. The first-order chi connectivity index (χ1) is 7.93. The maximum absolute atomic E-state index is 4.47. The molecular weight excluding hydrogens is 210 g/mol. The van der Waals surface area contributed by atoms with Crippen molar-refractivity contribution in [3.63, 3.8) is 0 Å². The van der Waals surface area contributed by atoms with Crippen molar-refractivity contribution in [1.29, 1.82) is 0 Å². The Hall–Kier alpha value is -0.960. The van der Waals surface area contributed by atoms with Gasteiger partial charge in [-0.25, -0.2) is 0 Å². The molecule has 1 unspecified atom stereocenters. The van der Waals surface area contributed by atoms with E-state index in [0.29, 0.717) is 22.8 Å². The maximum Gasteiger partial charge on any atom is 0.0759 e. The van der Waals surface area contributed by atoms with Gasteiger partial charge in [-0.05, 0) is 23.3 Å². The second kappa shape index (κ2) is 4.05. The molecule has 3 heteroatoms. The molecule has 0 bridgehead atoms. The molecule has 1 fully saturated rings. The molecule has 0 spiro atoms. The Kier molecular flexibility index (Phi) is 2.98. The van der Waals surface area contributed by atoms with Crippen LogP contribution in [-0.2, 0) is 0 Å². The predicted molar refractivity (Wildman–Crippen MR) is 69.5 cm³/mol. The van der Waals surface area contributed by atoms with Crippen molar-refractivity contribution >= 4 is 0 Å². The van der Waals surface area contributed by atoms with Crippen molar-refractivity contribution in [2.45, 2.75) is 40.7 Å². The maximum atomic E-state index is 4.47. The third kappa shape index (κ3) is 1.86. The average molecular weight is 233 g/mol. The quantitative estimate of drug-likeness (QED) is 0.869. The molecule has 17 heavy (non-hydrogen) atoms. The minimum Gasteiger partial charge on any atom is -0.309 e. The molecule has 1 saturated carbocycles. The Bertz CT molecular complexity index is 370. The van der Waals surface area contributed by atoms with E-state index in [9.17, 15) is 0 Å². The summed E-state index contributed by atoms with van der Waals surface area (Å²) in [7, 11) is 0. The second-order valence-corrected chi connectivity index (χ2v) is 6.09. The van der Waals surface area contributed by atoms with Crippen molar-refractivity contribution in [1.82, 2.24) is 15.3 Å². The Morgan fingerprint density at radius 1 is 1.24 bits per heavy atom. The lowest BCUT2D eigenvalue weighted by atomic mass is 10.0. The highest BCUT2D eigenvalue weighted by Gasteiger charge is 2.67. The fraction of sp³-hybridized carbons (Fsp3) is 0.714. The largest absolute Gasteiger partial charge is 0.309 e. The van der Waals surface area contributed by atoms with Gasteiger partial charge in [-0.15, -0.1) is 0 Å². The Morgan fingerprint density at radius 2 is 1.88 bits per heavy atom. The molecule has 1 aliphatic carbocycles. The van der Waals surface area contributed by atoms with E-state index in [1.807, 2.05) is 6.20 Å². The number of rotatable bonds is 4. The first-order valence-corrected chi connectivity index (χ1v) is 6.42. The van der Waals surface area contributed by atoms with Crippen LogP contribution in [0.3, 0.4) is 0 Å². The molecule has 94 valence electrons. The van der Waals surface area contributed by atoms with Crippen LogP contribution in [0.25, 0.3) is 0 Å². The summed E-state index contributed by atoms with van der Waals surface area (Å²) >= 11 is 0. The fourth-order valence-corrected chi connectivity index (χ4v) is 3.17. The summed E-state index contributed by atoms with van der Waals surface area (Å²) in [6.45, 7) is 12.5. The van der Waals surface area contributed by atoms with E-state index in [-0.39, 0.29) is 0 Å². The third-order valence-corrected chi connectivity index (χ3v) is 4.79. The standard InChI is InChI=1S/C14H23N3/c1-6-16-11(10-9-15-7-8-17-10)12-13(2,3)14(12,4)5/h7-9,11-12,16H,6H2,1-5H3. The fourth-order valence-electron chi connectivity index (χ4n) is 3.17. The number of aromatic nitrogens is 2. The Balaban J connectivity index is 2.27. The van der Waals surface area contributed by atoms with Crippen molar-refractivity contribution < 1.29 is 0 Å². The van der Waals surface area contributed by atoms with E-state index < -0.39 is 0 Å². The van der Waals surface area contributed by atoms with Gasteiger partial charge in [-0.3, -0.25) is 9.97 Å². The van der Waals surface area contributed by atoms with Crippen LogP contribution in [0.4, 0.5) is 0 Å².